The van der Waals surface area contributed by atoms with Gasteiger partial charge >= 0.3 is 0 Å². The van der Waals surface area contributed by atoms with Crippen molar-refractivity contribution in [2.45, 2.75) is 19.9 Å². The topological polar surface area (TPSA) is 25.2 Å². The molecule has 1 atom stereocenters. The molecule has 2 aromatic heterocycles. The average Bonchev–Trinajstić information content (AvgIpc) is 2.77. The molecule has 2 nitrogen and oxygen atoms in total. The van der Waals surface area contributed by atoms with E-state index >= 15 is 0 Å². The Labute approximate surface area is 108 Å². The predicted octanol–water partition coefficient (Wildman–Crippen LogP) is 4.03. The normalized spacial score (nSPS) is 13.0. The number of thiophene rings is 1. The SMILES string of the molecule is CNC(c1cc(Br)sc1C)c1occc1C. The fourth-order valence-electron chi connectivity index (χ4n) is 1.85. The zero-order valence-electron chi connectivity index (χ0n) is 9.50. The Bertz CT molecular complexity index is 489. The number of nitrogens with one attached hydrogen (secondary N) is 1. The van der Waals surface area contributed by atoms with Crippen LogP contribution in [0.3, 0.4) is 0 Å². The van der Waals surface area contributed by atoms with Crippen molar-refractivity contribution in [3.63, 3.8) is 0 Å². The van der Waals surface area contributed by atoms with Crippen LogP contribution >= 0.6 is 27.3 Å². The Morgan fingerprint density at radius 3 is 2.62 bits per heavy atom. The molecule has 0 aliphatic heterocycles. The van der Waals surface area contributed by atoms with Gasteiger partial charge in [-0.05, 0) is 60.1 Å². The Hall–Kier alpha value is -0.580. The Morgan fingerprint density at radius 1 is 1.44 bits per heavy atom. The van der Waals surface area contributed by atoms with Crippen molar-refractivity contribution in [1.82, 2.24) is 5.32 Å². The van der Waals surface area contributed by atoms with Crippen molar-refractivity contribution in [1.29, 1.82) is 0 Å². The molecule has 16 heavy (non-hydrogen) atoms. The van der Waals surface area contributed by atoms with Gasteiger partial charge in [0.1, 0.15) is 5.76 Å². The summed E-state index contributed by atoms with van der Waals surface area (Å²) >= 11 is 5.27. The first-order valence-electron chi connectivity index (χ1n) is 5.10. The number of halogens is 1. The van der Waals surface area contributed by atoms with Crippen LogP contribution in [0.25, 0.3) is 0 Å². The molecule has 86 valence electrons. The van der Waals surface area contributed by atoms with Crippen LogP contribution in [0.15, 0.2) is 26.6 Å². The highest BCUT2D eigenvalue weighted by molar-refractivity contribution is 9.11. The van der Waals surface area contributed by atoms with Gasteiger partial charge in [-0.3, -0.25) is 0 Å². The highest BCUT2D eigenvalue weighted by atomic mass is 79.9. The van der Waals surface area contributed by atoms with E-state index in [1.54, 1.807) is 17.6 Å². The van der Waals surface area contributed by atoms with Crippen LogP contribution in [-0.2, 0) is 0 Å². The Balaban J connectivity index is 2.44. The third kappa shape index (κ3) is 2.10. The van der Waals surface area contributed by atoms with E-state index in [-0.39, 0.29) is 6.04 Å². The van der Waals surface area contributed by atoms with Gasteiger partial charge in [0.15, 0.2) is 0 Å². The van der Waals surface area contributed by atoms with Gasteiger partial charge in [-0.1, -0.05) is 0 Å². The monoisotopic (exact) mass is 299 g/mol. The summed E-state index contributed by atoms with van der Waals surface area (Å²) in [6, 6.07) is 4.29. The summed E-state index contributed by atoms with van der Waals surface area (Å²) in [5.74, 6) is 0.996. The number of hydrogen-bond acceptors (Lipinski definition) is 3. The van der Waals surface area contributed by atoms with Gasteiger partial charge in [0.05, 0.1) is 16.1 Å². The molecule has 0 spiro atoms. The number of hydrogen-bond donors (Lipinski definition) is 1. The molecule has 0 fully saturated rings. The van der Waals surface area contributed by atoms with Crippen molar-refractivity contribution >= 4 is 27.3 Å². The maximum absolute atomic E-state index is 5.56. The Morgan fingerprint density at radius 2 is 2.19 bits per heavy atom. The van der Waals surface area contributed by atoms with Gasteiger partial charge in [0.25, 0.3) is 0 Å². The number of furan rings is 1. The molecular formula is C12H14BrNOS. The first kappa shape index (κ1) is 11.9. The first-order chi connectivity index (χ1) is 7.63. The maximum Gasteiger partial charge on any atom is 0.128 e. The first-order valence-corrected chi connectivity index (χ1v) is 6.71. The van der Waals surface area contributed by atoms with Gasteiger partial charge in [-0.25, -0.2) is 0 Å². The second kappa shape index (κ2) is 4.73. The quantitative estimate of drug-likeness (QED) is 0.926. The van der Waals surface area contributed by atoms with Gasteiger partial charge < -0.3 is 9.73 Å². The minimum atomic E-state index is 0.137. The van der Waals surface area contributed by atoms with E-state index in [4.69, 9.17) is 4.42 Å². The van der Waals surface area contributed by atoms with Crippen LogP contribution in [-0.4, -0.2) is 7.05 Å². The summed E-state index contributed by atoms with van der Waals surface area (Å²) in [5, 5.41) is 3.31. The highest BCUT2D eigenvalue weighted by Crippen LogP contribution is 2.34. The van der Waals surface area contributed by atoms with Crippen LogP contribution in [0.1, 0.15) is 27.8 Å². The molecule has 4 heteroatoms. The molecule has 2 heterocycles. The van der Waals surface area contributed by atoms with Crippen molar-refractivity contribution < 1.29 is 4.42 Å². The minimum absolute atomic E-state index is 0.137. The van der Waals surface area contributed by atoms with Gasteiger partial charge in [-0.2, -0.15) is 0 Å². The molecule has 2 aromatic rings. The third-order valence-corrected chi connectivity index (χ3v) is 4.26. The van der Waals surface area contributed by atoms with Crippen molar-refractivity contribution in [2.24, 2.45) is 0 Å². The standard InChI is InChI=1S/C12H14BrNOS/c1-7-4-5-15-12(7)11(14-3)9-6-10(13)16-8(9)2/h4-6,11,14H,1-3H3. The van der Waals surface area contributed by atoms with E-state index in [0.717, 1.165) is 9.55 Å². The molecule has 1 unspecified atom stereocenters. The van der Waals surface area contributed by atoms with E-state index in [0.29, 0.717) is 0 Å². The molecule has 1 N–H and O–H groups in total. The fraction of sp³-hybridized carbons (Fsp3) is 0.333. The summed E-state index contributed by atoms with van der Waals surface area (Å²) in [6.45, 7) is 4.20. The van der Waals surface area contributed by atoms with E-state index < -0.39 is 0 Å². The number of aryl methyl sites for hydroxylation is 2. The second-order valence-corrected chi connectivity index (χ2v) is 6.39. The van der Waals surface area contributed by atoms with E-state index in [9.17, 15) is 0 Å². The number of rotatable bonds is 3. The predicted molar refractivity (Wildman–Crippen MR) is 71.1 cm³/mol. The van der Waals surface area contributed by atoms with Crippen molar-refractivity contribution in [3.05, 3.63) is 43.9 Å². The largest absolute Gasteiger partial charge is 0.467 e. The summed E-state index contributed by atoms with van der Waals surface area (Å²) in [5.41, 5.74) is 2.46. The van der Waals surface area contributed by atoms with Crippen LogP contribution in [0.4, 0.5) is 0 Å². The molecule has 0 bridgehead atoms. The lowest BCUT2D eigenvalue weighted by Crippen LogP contribution is -2.17. The van der Waals surface area contributed by atoms with Crippen LogP contribution in [0.5, 0.6) is 0 Å². The molecule has 0 aliphatic rings. The molecule has 0 aliphatic carbocycles. The lowest BCUT2D eigenvalue weighted by atomic mass is 10.0. The van der Waals surface area contributed by atoms with Gasteiger partial charge in [0, 0.05) is 4.88 Å². The second-order valence-electron chi connectivity index (χ2n) is 3.75. The molecule has 0 saturated heterocycles. The van der Waals surface area contributed by atoms with Crippen molar-refractivity contribution in [3.8, 4) is 0 Å². The third-order valence-electron chi connectivity index (χ3n) is 2.69. The maximum atomic E-state index is 5.56. The summed E-state index contributed by atoms with van der Waals surface area (Å²) < 4.78 is 6.72. The molecule has 0 saturated carbocycles. The van der Waals surface area contributed by atoms with Crippen LogP contribution in [0.2, 0.25) is 0 Å². The molecule has 0 radical (unpaired) electrons. The van der Waals surface area contributed by atoms with Crippen molar-refractivity contribution in [2.75, 3.05) is 7.05 Å². The zero-order chi connectivity index (χ0) is 11.7. The Kier molecular flexibility index (Phi) is 3.52. The summed E-state index contributed by atoms with van der Waals surface area (Å²) in [7, 11) is 1.96. The molecular weight excluding hydrogens is 286 g/mol. The van der Waals surface area contributed by atoms with Crippen LogP contribution in [0, 0.1) is 13.8 Å². The lowest BCUT2D eigenvalue weighted by Gasteiger charge is -2.14. The van der Waals surface area contributed by atoms with Gasteiger partial charge in [0.2, 0.25) is 0 Å². The van der Waals surface area contributed by atoms with Crippen LogP contribution < -0.4 is 5.32 Å². The van der Waals surface area contributed by atoms with Gasteiger partial charge in [-0.15, -0.1) is 11.3 Å². The molecule has 2 rings (SSSR count). The molecule has 0 aromatic carbocycles. The fourth-order valence-corrected chi connectivity index (χ4v) is 3.60. The highest BCUT2D eigenvalue weighted by Gasteiger charge is 2.20. The lowest BCUT2D eigenvalue weighted by molar-refractivity contribution is 0.460. The van der Waals surface area contributed by atoms with E-state index in [1.165, 1.54) is 16.0 Å². The summed E-state index contributed by atoms with van der Waals surface area (Å²) in [6.07, 6.45) is 1.74. The van der Waals surface area contributed by atoms with E-state index in [1.807, 2.05) is 13.1 Å². The zero-order valence-corrected chi connectivity index (χ0v) is 11.9. The van der Waals surface area contributed by atoms with E-state index in [2.05, 4.69) is 41.2 Å². The molecule has 0 amide bonds. The smallest absolute Gasteiger partial charge is 0.128 e. The average molecular weight is 300 g/mol. The minimum Gasteiger partial charge on any atom is -0.467 e. The summed E-state index contributed by atoms with van der Waals surface area (Å²) in [4.78, 5) is 1.31.